The van der Waals surface area contributed by atoms with Gasteiger partial charge in [-0.25, -0.2) is 0 Å². The number of aryl methyl sites for hydroxylation is 1. The maximum absolute atomic E-state index is 10.9. The van der Waals surface area contributed by atoms with Crippen LogP contribution in [0.15, 0.2) is 18.2 Å². The normalized spacial score (nSPS) is 19.6. The van der Waals surface area contributed by atoms with Crippen LogP contribution in [-0.2, 0) is 11.2 Å². The topological polar surface area (TPSA) is 52.3 Å². The molecule has 0 bridgehead atoms. The van der Waals surface area contributed by atoms with Crippen molar-refractivity contribution in [3.05, 3.63) is 27.3 Å². The number of nitrogens with two attached hydrogens (primary N) is 1. The van der Waals surface area contributed by atoms with E-state index < -0.39 is 6.10 Å². The van der Waals surface area contributed by atoms with E-state index >= 15 is 0 Å². The number of hydrogen-bond donors (Lipinski definition) is 1. The lowest BCUT2D eigenvalue weighted by Gasteiger charge is -2.23. The average Bonchev–Trinajstić information content (AvgIpc) is 2.16. The maximum Gasteiger partial charge on any atom is 0.258 e. The zero-order chi connectivity index (χ0) is 10.1. The van der Waals surface area contributed by atoms with Crippen LogP contribution in [0.1, 0.15) is 12.0 Å². The van der Waals surface area contributed by atoms with Crippen molar-refractivity contribution < 1.29 is 9.53 Å². The summed E-state index contributed by atoms with van der Waals surface area (Å²) < 4.78 is 6.65. The van der Waals surface area contributed by atoms with Gasteiger partial charge in [0.1, 0.15) is 5.75 Å². The van der Waals surface area contributed by atoms with Gasteiger partial charge in [-0.3, -0.25) is 4.79 Å². The Bertz CT molecular complexity index is 378. The Morgan fingerprint density at radius 1 is 1.57 bits per heavy atom. The number of rotatable bonds is 1. The molecule has 4 heteroatoms. The molecule has 1 atom stereocenters. The van der Waals surface area contributed by atoms with Gasteiger partial charge < -0.3 is 10.5 Å². The van der Waals surface area contributed by atoms with Gasteiger partial charge in [-0.05, 0) is 59.2 Å². The summed E-state index contributed by atoms with van der Waals surface area (Å²) in [6.07, 6.45) is 1.09. The summed E-state index contributed by atoms with van der Waals surface area (Å²) in [5.41, 5.74) is 6.35. The molecule has 1 aromatic rings. The van der Waals surface area contributed by atoms with Crippen LogP contribution in [0.3, 0.4) is 0 Å². The summed E-state index contributed by atoms with van der Waals surface area (Å²) >= 11 is 2.26. The highest BCUT2D eigenvalue weighted by Crippen LogP contribution is 2.28. The Morgan fingerprint density at radius 2 is 2.36 bits per heavy atom. The number of ether oxygens (including phenoxy) is 1. The first-order chi connectivity index (χ1) is 6.66. The Hall–Kier alpha value is -0.780. The SMILES string of the molecule is NC(=O)C1CCc2cc(I)ccc2O1. The minimum absolute atomic E-state index is 0.380. The molecule has 0 saturated carbocycles. The molecule has 2 N–H and O–H groups in total. The van der Waals surface area contributed by atoms with Crippen LogP contribution < -0.4 is 10.5 Å². The van der Waals surface area contributed by atoms with Crippen molar-refractivity contribution in [1.29, 1.82) is 0 Å². The molecule has 1 aromatic carbocycles. The minimum atomic E-state index is -0.456. The zero-order valence-electron chi connectivity index (χ0n) is 7.50. The third kappa shape index (κ3) is 1.84. The van der Waals surface area contributed by atoms with Crippen molar-refractivity contribution in [2.75, 3.05) is 0 Å². The molecule has 0 radical (unpaired) electrons. The molecule has 1 aliphatic rings. The van der Waals surface area contributed by atoms with Gasteiger partial charge in [-0.15, -0.1) is 0 Å². The molecule has 0 saturated heterocycles. The van der Waals surface area contributed by atoms with E-state index in [2.05, 4.69) is 28.7 Å². The summed E-state index contributed by atoms with van der Waals surface area (Å²) in [5, 5.41) is 0. The second kappa shape index (κ2) is 3.76. The van der Waals surface area contributed by atoms with Crippen molar-refractivity contribution in [2.45, 2.75) is 18.9 Å². The molecule has 14 heavy (non-hydrogen) atoms. The zero-order valence-corrected chi connectivity index (χ0v) is 9.65. The van der Waals surface area contributed by atoms with Crippen molar-refractivity contribution in [3.8, 4) is 5.75 Å². The Labute approximate surface area is 95.8 Å². The van der Waals surface area contributed by atoms with Crippen molar-refractivity contribution >= 4 is 28.5 Å². The predicted octanol–water partition coefficient (Wildman–Crippen LogP) is 1.47. The van der Waals surface area contributed by atoms with Crippen molar-refractivity contribution in [3.63, 3.8) is 0 Å². The first-order valence-corrected chi connectivity index (χ1v) is 5.49. The van der Waals surface area contributed by atoms with Crippen LogP contribution in [0.4, 0.5) is 0 Å². The molecule has 1 heterocycles. The van der Waals surface area contributed by atoms with Gasteiger partial charge in [0.05, 0.1) is 0 Å². The number of halogens is 1. The highest BCUT2D eigenvalue weighted by molar-refractivity contribution is 14.1. The van der Waals surface area contributed by atoms with E-state index in [9.17, 15) is 4.79 Å². The van der Waals surface area contributed by atoms with Crippen LogP contribution in [0.5, 0.6) is 5.75 Å². The highest BCUT2D eigenvalue weighted by Gasteiger charge is 2.23. The van der Waals surface area contributed by atoms with Gasteiger partial charge >= 0.3 is 0 Å². The highest BCUT2D eigenvalue weighted by atomic mass is 127. The minimum Gasteiger partial charge on any atom is -0.480 e. The van der Waals surface area contributed by atoms with Crippen molar-refractivity contribution in [2.24, 2.45) is 5.73 Å². The Morgan fingerprint density at radius 3 is 3.07 bits per heavy atom. The van der Waals surface area contributed by atoms with Gasteiger partial charge in [0, 0.05) is 3.57 Å². The summed E-state index contributed by atoms with van der Waals surface area (Å²) in [4.78, 5) is 10.9. The number of carbonyl (C=O) groups excluding carboxylic acids is 1. The third-order valence-corrected chi connectivity index (χ3v) is 2.96. The van der Waals surface area contributed by atoms with E-state index in [1.807, 2.05) is 12.1 Å². The summed E-state index contributed by atoms with van der Waals surface area (Å²) in [6.45, 7) is 0. The lowest BCUT2D eigenvalue weighted by Crippen LogP contribution is -2.36. The smallest absolute Gasteiger partial charge is 0.258 e. The summed E-state index contributed by atoms with van der Waals surface area (Å²) in [7, 11) is 0. The predicted molar refractivity (Wildman–Crippen MR) is 61.1 cm³/mol. The lowest BCUT2D eigenvalue weighted by molar-refractivity contribution is -0.125. The molecule has 3 nitrogen and oxygen atoms in total. The molecule has 1 amide bonds. The molecule has 0 spiro atoms. The number of carbonyl (C=O) groups is 1. The van der Waals surface area contributed by atoms with E-state index in [1.54, 1.807) is 0 Å². The second-order valence-electron chi connectivity index (χ2n) is 3.30. The largest absolute Gasteiger partial charge is 0.480 e. The maximum atomic E-state index is 10.9. The number of hydrogen-bond acceptors (Lipinski definition) is 2. The van der Waals surface area contributed by atoms with Crippen LogP contribution >= 0.6 is 22.6 Å². The van der Waals surface area contributed by atoms with Crippen LogP contribution in [0, 0.1) is 3.57 Å². The van der Waals surface area contributed by atoms with Crippen molar-refractivity contribution in [1.82, 2.24) is 0 Å². The molecule has 74 valence electrons. The first-order valence-electron chi connectivity index (χ1n) is 4.41. The molecule has 0 aromatic heterocycles. The van der Waals surface area contributed by atoms with E-state index in [1.165, 1.54) is 3.57 Å². The molecule has 0 fully saturated rings. The molecule has 2 rings (SSSR count). The Kier molecular flexibility index (Phi) is 2.62. The molecule has 0 aliphatic carbocycles. The quantitative estimate of drug-likeness (QED) is 0.799. The first kappa shape index (κ1) is 9.76. The number of fused-ring (bicyclic) bond motifs is 1. The van der Waals surface area contributed by atoms with Crippen LogP contribution in [-0.4, -0.2) is 12.0 Å². The van der Waals surface area contributed by atoms with Gasteiger partial charge in [0.2, 0.25) is 0 Å². The molecule has 1 unspecified atom stereocenters. The van der Waals surface area contributed by atoms with Gasteiger partial charge in [-0.2, -0.15) is 0 Å². The van der Waals surface area contributed by atoms with E-state index in [-0.39, 0.29) is 5.91 Å². The van der Waals surface area contributed by atoms with Gasteiger partial charge in [0.25, 0.3) is 5.91 Å². The monoisotopic (exact) mass is 303 g/mol. The summed E-state index contributed by atoms with van der Waals surface area (Å²) in [6, 6.07) is 5.93. The number of benzene rings is 1. The average molecular weight is 303 g/mol. The van der Waals surface area contributed by atoms with Crippen LogP contribution in [0.2, 0.25) is 0 Å². The molecular weight excluding hydrogens is 293 g/mol. The van der Waals surface area contributed by atoms with Gasteiger partial charge in [-0.1, -0.05) is 0 Å². The van der Waals surface area contributed by atoms with E-state index in [0.29, 0.717) is 6.42 Å². The van der Waals surface area contributed by atoms with Crippen LogP contribution in [0.25, 0.3) is 0 Å². The lowest BCUT2D eigenvalue weighted by atomic mass is 10.0. The number of amides is 1. The molecule has 1 aliphatic heterocycles. The van der Waals surface area contributed by atoms with Gasteiger partial charge in [0.15, 0.2) is 6.10 Å². The summed E-state index contributed by atoms with van der Waals surface area (Å²) in [5.74, 6) is 0.412. The standard InChI is InChI=1S/C10H10INO2/c11-7-2-4-8-6(5-7)1-3-9(14-8)10(12)13/h2,4-5,9H,1,3H2,(H2,12,13). The fourth-order valence-electron chi connectivity index (χ4n) is 1.56. The van der Waals surface area contributed by atoms with E-state index in [0.717, 1.165) is 17.7 Å². The third-order valence-electron chi connectivity index (χ3n) is 2.28. The second-order valence-corrected chi connectivity index (χ2v) is 4.55. The fourth-order valence-corrected chi connectivity index (χ4v) is 2.11. The Balaban J connectivity index is 2.27. The van der Waals surface area contributed by atoms with E-state index in [4.69, 9.17) is 10.5 Å². The number of primary amides is 1. The fraction of sp³-hybridized carbons (Fsp3) is 0.300. The molecular formula is C10H10INO2.